The van der Waals surface area contributed by atoms with Gasteiger partial charge in [-0.1, -0.05) is 25.1 Å². The molecule has 2 aliphatic rings. The minimum Gasteiger partial charge on any atom is -0.333 e. The van der Waals surface area contributed by atoms with Gasteiger partial charge in [0.15, 0.2) is 5.69 Å². The van der Waals surface area contributed by atoms with Gasteiger partial charge in [0.25, 0.3) is 5.91 Å². The van der Waals surface area contributed by atoms with Crippen molar-refractivity contribution in [2.75, 3.05) is 13.1 Å². The molecule has 1 aromatic heterocycles. The maximum absolute atomic E-state index is 13.4. The fraction of sp³-hybridized carbons (Fsp3) is 0.524. The molecule has 0 radical (unpaired) electrons. The SMILES string of the molecule is Cc1ccccc1-n1nc(C(=O)N2CCC(C)CC2CN)c2c1CCC2. The number of piperidine rings is 1. The molecule has 5 heteroatoms. The number of hydrogen-bond acceptors (Lipinski definition) is 3. The van der Waals surface area contributed by atoms with Gasteiger partial charge in [-0.05, 0) is 56.6 Å². The number of para-hydroxylation sites is 1. The van der Waals surface area contributed by atoms with Crippen LogP contribution in [0.2, 0.25) is 0 Å². The number of nitrogens with zero attached hydrogens (tertiary/aromatic N) is 3. The molecule has 1 aliphatic carbocycles. The van der Waals surface area contributed by atoms with Crippen LogP contribution in [-0.4, -0.2) is 39.7 Å². The number of amides is 1. The molecule has 2 unspecified atom stereocenters. The van der Waals surface area contributed by atoms with E-state index >= 15 is 0 Å². The Labute approximate surface area is 155 Å². The van der Waals surface area contributed by atoms with Crippen molar-refractivity contribution in [3.63, 3.8) is 0 Å². The van der Waals surface area contributed by atoms with E-state index in [0.717, 1.165) is 49.9 Å². The highest BCUT2D eigenvalue weighted by molar-refractivity contribution is 5.94. The van der Waals surface area contributed by atoms with E-state index in [1.165, 1.54) is 11.3 Å². The van der Waals surface area contributed by atoms with Crippen LogP contribution in [0.4, 0.5) is 0 Å². The quantitative estimate of drug-likeness (QED) is 0.924. The number of rotatable bonds is 3. The number of fused-ring (bicyclic) bond motifs is 1. The molecule has 2 N–H and O–H groups in total. The summed E-state index contributed by atoms with van der Waals surface area (Å²) >= 11 is 0. The second-order valence-corrected chi connectivity index (χ2v) is 7.84. The molecule has 4 rings (SSSR count). The fourth-order valence-electron chi connectivity index (χ4n) is 4.49. The Balaban J connectivity index is 1.73. The van der Waals surface area contributed by atoms with Gasteiger partial charge in [0, 0.05) is 30.4 Å². The summed E-state index contributed by atoms with van der Waals surface area (Å²) in [4.78, 5) is 15.3. The molecular weight excluding hydrogens is 324 g/mol. The molecule has 1 saturated heterocycles. The van der Waals surface area contributed by atoms with E-state index in [1.807, 2.05) is 21.7 Å². The lowest BCUT2D eigenvalue weighted by atomic mass is 9.92. The minimum atomic E-state index is 0.0674. The zero-order valence-electron chi connectivity index (χ0n) is 15.7. The monoisotopic (exact) mass is 352 g/mol. The third-order valence-electron chi connectivity index (χ3n) is 5.99. The number of nitrogens with two attached hydrogens (primary N) is 1. The van der Waals surface area contributed by atoms with Crippen molar-refractivity contribution >= 4 is 5.91 Å². The van der Waals surface area contributed by atoms with Crippen LogP contribution >= 0.6 is 0 Å². The second kappa shape index (κ2) is 6.88. The van der Waals surface area contributed by atoms with E-state index in [0.29, 0.717) is 18.2 Å². The van der Waals surface area contributed by atoms with Crippen molar-refractivity contribution in [1.82, 2.24) is 14.7 Å². The van der Waals surface area contributed by atoms with E-state index in [2.05, 4.69) is 26.0 Å². The normalized spacial score (nSPS) is 22.5. The molecule has 26 heavy (non-hydrogen) atoms. The maximum atomic E-state index is 13.4. The predicted octanol–water partition coefficient (Wildman–Crippen LogP) is 2.87. The molecule has 0 saturated carbocycles. The molecule has 2 atom stereocenters. The third kappa shape index (κ3) is 2.84. The lowest BCUT2D eigenvalue weighted by Crippen LogP contribution is -2.49. The predicted molar refractivity (Wildman–Crippen MR) is 103 cm³/mol. The molecule has 0 bridgehead atoms. The van der Waals surface area contributed by atoms with Crippen LogP contribution in [-0.2, 0) is 12.8 Å². The van der Waals surface area contributed by atoms with Crippen LogP contribution in [0.1, 0.15) is 53.5 Å². The average Bonchev–Trinajstić information content (AvgIpc) is 3.24. The van der Waals surface area contributed by atoms with Gasteiger partial charge in [0.2, 0.25) is 0 Å². The van der Waals surface area contributed by atoms with Crippen molar-refractivity contribution in [2.24, 2.45) is 11.7 Å². The number of likely N-dealkylation sites (tertiary alicyclic amines) is 1. The van der Waals surface area contributed by atoms with Crippen LogP contribution in [0.3, 0.4) is 0 Å². The van der Waals surface area contributed by atoms with E-state index in [4.69, 9.17) is 10.8 Å². The summed E-state index contributed by atoms with van der Waals surface area (Å²) in [5.74, 6) is 0.695. The number of benzene rings is 1. The molecule has 1 aromatic carbocycles. The second-order valence-electron chi connectivity index (χ2n) is 7.84. The van der Waals surface area contributed by atoms with Crippen molar-refractivity contribution in [1.29, 1.82) is 0 Å². The molecule has 2 aromatic rings. The molecule has 1 fully saturated rings. The zero-order valence-corrected chi connectivity index (χ0v) is 15.7. The Kier molecular flexibility index (Phi) is 4.57. The first kappa shape index (κ1) is 17.3. The number of hydrogen-bond donors (Lipinski definition) is 1. The number of carbonyl (C=O) groups is 1. The summed E-state index contributed by atoms with van der Waals surface area (Å²) < 4.78 is 2.01. The first-order valence-corrected chi connectivity index (χ1v) is 9.78. The van der Waals surface area contributed by atoms with Gasteiger partial charge in [-0.15, -0.1) is 0 Å². The van der Waals surface area contributed by atoms with Gasteiger partial charge in [0.1, 0.15) is 0 Å². The van der Waals surface area contributed by atoms with Crippen molar-refractivity contribution in [3.8, 4) is 5.69 Å². The Hall–Kier alpha value is -2.14. The Morgan fingerprint density at radius 2 is 2.12 bits per heavy atom. The van der Waals surface area contributed by atoms with Crippen LogP contribution in [0.15, 0.2) is 24.3 Å². The van der Waals surface area contributed by atoms with Gasteiger partial charge < -0.3 is 10.6 Å². The molecule has 2 heterocycles. The van der Waals surface area contributed by atoms with Crippen molar-refractivity contribution in [2.45, 2.75) is 52.0 Å². The summed E-state index contributed by atoms with van der Waals surface area (Å²) in [6.07, 6.45) is 5.06. The van der Waals surface area contributed by atoms with Crippen LogP contribution < -0.4 is 5.73 Å². The van der Waals surface area contributed by atoms with Crippen LogP contribution in [0.5, 0.6) is 0 Å². The molecular formula is C21H28N4O. The van der Waals surface area contributed by atoms with Gasteiger partial charge in [-0.25, -0.2) is 4.68 Å². The molecule has 1 amide bonds. The number of aromatic nitrogens is 2. The highest BCUT2D eigenvalue weighted by atomic mass is 16.2. The van der Waals surface area contributed by atoms with Crippen molar-refractivity contribution < 1.29 is 4.79 Å². The molecule has 0 spiro atoms. The van der Waals surface area contributed by atoms with Gasteiger partial charge in [-0.2, -0.15) is 5.10 Å². The molecule has 5 nitrogen and oxygen atoms in total. The molecule has 1 aliphatic heterocycles. The van der Waals surface area contributed by atoms with Crippen LogP contribution in [0.25, 0.3) is 5.69 Å². The fourth-order valence-corrected chi connectivity index (χ4v) is 4.49. The standard InChI is InChI=1S/C21H28N4O/c1-14-10-11-24(16(12-14)13-22)21(26)20-17-7-5-9-19(17)25(23-20)18-8-4-3-6-15(18)2/h3-4,6,8,14,16H,5,7,9-13,22H2,1-2H3. The Morgan fingerprint density at radius 1 is 1.31 bits per heavy atom. The van der Waals surface area contributed by atoms with Gasteiger partial charge in [-0.3, -0.25) is 4.79 Å². The Morgan fingerprint density at radius 3 is 2.88 bits per heavy atom. The first-order valence-electron chi connectivity index (χ1n) is 9.78. The summed E-state index contributed by atoms with van der Waals surface area (Å²) in [6.45, 7) is 5.65. The lowest BCUT2D eigenvalue weighted by molar-refractivity contribution is 0.0566. The zero-order chi connectivity index (χ0) is 18.3. The van der Waals surface area contributed by atoms with E-state index in [9.17, 15) is 4.79 Å². The highest BCUT2D eigenvalue weighted by Gasteiger charge is 2.34. The third-order valence-corrected chi connectivity index (χ3v) is 5.99. The summed E-state index contributed by atoms with van der Waals surface area (Å²) in [7, 11) is 0. The summed E-state index contributed by atoms with van der Waals surface area (Å²) in [5, 5.41) is 4.81. The first-order chi connectivity index (χ1) is 12.6. The van der Waals surface area contributed by atoms with E-state index < -0.39 is 0 Å². The smallest absolute Gasteiger partial charge is 0.274 e. The lowest BCUT2D eigenvalue weighted by Gasteiger charge is -2.37. The van der Waals surface area contributed by atoms with Gasteiger partial charge in [0.05, 0.1) is 5.69 Å². The number of aryl methyl sites for hydroxylation is 1. The Bertz CT molecular complexity index is 825. The highest BCUT2D eigenvalue weighted by Crippen LogP contribution is 2.31. The topological polar surface area (TPSA) is 64.2 Å². The number of carbonyl (C=O) groups excluding carboxylic acids is 1. The largest absolute Gasteiger partial charge is 0.333 e. The van der Waals surface area contributed by atoms with E-state index in [1.54, 1.807) is 0 Å². The maximum Gasteiger partial charge on any atom is 0.274 e. The average molecular weight is 352 g/mol. The van der Waals surface area contributed by atoms with Crippen molar-refractivity contribution in [3.05, 3.63) is 46.8 Å². The van der Waals surface area contributed by atoms with Crippen LogP contribution in [0, 0.1) is 12.8 Å². The summed E-state index contributed by atoms with van der Waals surface area (Å²) in [6, 6.07) is 8.38. The van der Waals surface area contributed by atoms with Gasteiger partial charge >= 0.3 is 0 Å². The van der Waals surface area contributed by atoms with E-state index in [-0.39, 0.29) is 11.9 Å². The summed E-state index contributed by atoms with van der Waals surface area (Å²) in [5.41, 5.74) is 11.2. The minimum absolute atomic E-state index is 0.0674. The molecule has 138 valence electrons.